The molecule has 1 atom stereocenters. The first-order chi connectivity index (χ1) is 9.31. The van der Waals surface area contributed by atoms with Gasteiger partial charge < -0.3 is 0 Å². The minimum Gasteiger partial charge on any atom is -0.291 e. The molecule has 0 saturated heterocycles. The molecule has 0 aliphatic heterocycles. The Bertz CT molecular complexity index is 177. The molecule has 0 rings (SSSR count). The van der Waals surface area contributed by atoms with Crippen molar-refractivity contribution < 1.29 is 4.79 Å². The number of hydrogen-bond acceptors (Lipinski definition) is 1. The average molecular weight is 267 g/mol. The van der Waals surface area contributed by atoms with E-state index in [-0.39, 0.29) is 0 Å². The van der Waals surface area contributed by atoms with Gasteiger partial charge in [0, 0.05) is 6.42 Å². The molecular formula is C18H35O. The van der Waals surface area contributed by atoms with Crippen LogP contribution in [0.4, 0.5) is 0 Å². The number of rotatable bonds is 15. The molecule has 0 saturated carbocycles. The van der Waals surface area contributed by atoms with Crippen LogP contribution >= 0.6 is 0 Å². The number of carbonyl (C=O) groups excluding carboxylic acids is 1. The molecule has 0 bridgehead atoms. The van der Waals surface area contributed by atoms with Crippen LogP contribution in [0.1, 0.15) is 104 Å². The van der Waals surface area contributed by atoms with Crippen LogP contribution in [0.25, 0.3) is 0 Å². The third-order valence-electron chi connectivity index (χ3n) is 4.03. The molecule has 0 N–H and O–H groups in total. The molecule has 0 heterocycles. The second-order valence-electron chi connectivity index (χ2n) is 6.11. The normalized spacial score (nSPS) is 12.5. The van der Waals surface area contributed by atoms with E-state index >= 15 is 0 Å². The minimum absolute atomic E-state index is 0.633. The molecule has 0 fully saturated rings. The van der Waals surface area contributed by atoms with Crippen LogP contribution in [0, 0.1) is 5.92 Å². The standard InChI is InChI=1S/C18H35O/c1-3-4-5-6-7-9-12-15-18(2)16-13-10-8-11-14-17-19/h18H,3-16H2,1-2H3. The maximum Gasteiger partial charge on any atom is 0.198 e. The Morgan fingerprint density at radius 2 is 1.21 bits per heavy atom. The fourth-order valence-electron chi connectivity index (χ4n) is 2.64. The molecule has 1 radical (unpaired) electrons. The summed E-state index contributed by atoms with van der Waals surface area (Å²) in [7, 11) is 0. The summed E-state index contributed by atoms with van der Waals surface area (Å²) >= 11 is 0. The summed E-state index contributed by atoms with van der Waals surface area (Å²) in [4.78, 5) is 10.1. The van der Waals surface area contributed by atoms with Gasteiger partial charge in [0.05, 0.1) is 0 Å². The van der Waals surface area contributed by atoms with Crippen molar-refractivity contribution in [2.24, 2.45) is 5.92 Å². The Morgan fingerprint density at radius 3 is 1.74 bits per heavy atom. The highest BCUT2D eigenvalue weighted by Crippen LogP contribution is 2.18. The first-order valence-electron chi connectivity index (χ1n) is 8.66. The summed E-state index contributed by atoms with van der Waals surface area (Å²) in [6.45, 7) is 4.68. The van der Waals surface area contributed by atoms with E-state index in [0.717, 1.165) is 12.3 Å². The average Bonchev–Trinajstić information content (AvgIpc) is 2.41. The quantitative estimate of drug-likeness (QED) is 0.322. The van der Waals surface area contributed by atoms with Gasteiger partial charge in [-0.15, -0.1) is 0 Å². The van der Waals surface area contributed by atoms with Crippen molar-refractivity contribution in [1.82, 2.24) is 0 Å². The second-order valence-corrected chi connectivity index (χ2v) is 6.11. The van der Waals surface area contributed by atoms with Crippen molar-refractivity contribution in [3.05, 3.63) is 0 Å². The first kappa shape index (κ1) is 18.7. The molecule has 0 aromatic heterocycles. The van der Waals surface area contributed by atoms with E-state index in [1.165, 1.54) is 77.0 Å². The zero-order chi connectivity index (χ0) is 14.2. The lowest BCUT2D eigenvalue weighted by molar-refractivity contribution is 0.432. The highest BCUT2D eigenvalue weighted by atomic mass is 16.1. The molecule has 0 spiro atoms. The van der Waals surface area contributed by atoms with E-state index in [1.807, 2.05) is 6.29 Å². The summed E-state index contributed by atoms with van der Waals surface area (Å²) in [6, 6.07) is 0. The van der Waals surface area contributed by atoms with E-state index in [2.05, 4.69) is 13.8 Å². The smallest absolute Gasteiger partial charge is 0.198 e. The first-order valence-corrected chi connectivity index (χ1v) is 8.66. The molecule has 0 amide bonds. The highest BCUT2D eigenvalue weighted by molar-refractivity contribution is 5.50. The zero-order valence-electron chi connectivity index (χ0n) is 13.4. The SMILES string of the molecule is CCCCCCCCCC(C)CCCCCC[C]=O. The molecule has 0 aromatic carbocycles. The van der Waals surface area contributed by atoms with Gasteiger partial charge in [0.15, 0.2) is 6.29 Å². The van der Waals surface area contributed by atoms with Crippen LogP contribution < -0.4 is 0 Å². The predicted molar refractivity (Wildman–Crippen MR) is 85.2 cm³/mol. The lowest BCUT2D eigenvalue weighted by Crippen LogP contribution is -1.95. The van der Waals surface area contributed by atoms with E-state index in [9.17, 15) is 4.79 Å². The van der Waals surface area contributed by atoms with Crippen molar-refractivity contribution in [3.63, 3.8) is 0 Å². The largest absolute Gasteiger partial charge is 0.291 e. The van der Waals surface area contributed by atoms with Gasteiger partial charge in [0.25, 0.3) is 0 Å². The van der Waals surface area contributed by atoms with Crippen molar-refractivity contribution in [2.75, 3.05) is 0 Å². The van der Waals surface area contributed by atoms with Gasteiger partial charge >= 0.3 is 0 Å². The molecule has 1 nitrogen and oxygen atoms in total. The Labute approximate surface area is 121 Å². The third-order valence-corrected chi connectivity index (χ3v) is 4.03. The van der Waals surface area contributed by atoms with Gasteiger partial charge in [0.2, 0.25) is 0 Å². The van der Waals surface area contributed by atoms with Crippen LogP contribution in [0.3, 0.4) is 0 Å². The predicted octanol–water partition coefficient (Wildman–Crippen LogP) is 6.21. The Kier molecular flexibility index (Phi) is 15.5. The van der Waals surface area contributed by atoms with Crippen LogP contribution in [0.2, 0.25) is 0 Å². The van der Waals surface area contributed by atoms with E-state index in [4.69, 9.17) is 0 Å². The summed E-state index contributed by atoms with van der Waals surface area (Å²) < 4.78 is 0. The number of hydrogen-bond donors (Lipinski definition) is 0. The number of unbranched alkanes of at least 4 members (excludes halogenated alkanes) is 10. The molecule has 113 valence electrons. The Morgan fingerprint density at radius 1 is 0.737 bits per heavy atom. The Balaban J connectivity index is 3.12. The summed E-state index contributed by atoms with van der Waals surface area (Å²) in [5.74, 6) is 0.897. The fourth-order valence-corrected chi connectivity index (χ4v) is 2.64. The fraction of sp³-hybridized carbons (Fsp3) is 0.944. The maximum atomic E-state index is 10.1. The molecule has 0 aliphatic rings. The summed E-state index contributed by atoms with van der Waals surface area (Å²) in [6.07, 6.45) is 20.2. The molecule has 1 unspecified atom stereocenters. The van der Waals surface area contributed by atoms with Crippen molar-refractivity contribution in [3.8, 4) is 0 Å². The highest BCUT2D eigenvalue weighted by Gasteiger charge is 2.02. The topological polar surface area (TPSA) is 17.1 Å². The van der Waals surface area contributed by atoms with Crippen LogP contribution in [-0.2, 0) is 4.79 Å². The van der Waals surface area contributed by atoms with Crippen molar-refractivity contribution in [2.45, 2.75) is 104 Å². The van der Waals surface area contributed by atoms with Gasteiger partial charge in [-0.25, -0.2) is 0 Å². The van der Waals surface area contributed by atoms with Gasteiger partial charge in [0.1, 0.15) is 0 Å². The van der Waals surface area contributed by atoms with Gasteiger partial charge in [-0.2, -0.15) is 0 Å². The molecule has 0 aromatic rings. The zero-order valence-corrected chi connectivity index (χ0v) is 13.4. The van der Waals surface area contributed by atoms with Gasteiger partial charge in [-0.1, -0.05) is 90.9 Å². The summed E-state index contributed by atoms with van der Waals surface area (Å²) in [5, 5.41) is 0. The van der Waals surface area contributed by atoms with Crippen molar-refractivity contribution >= 4 is 6.29 Å². The third kappa shape index (κ3) is 15.6. The van der Waals surface area contributed by atoms with E-state index < -0.39 is 0 Å². The van der Waals surface area contributed by atoms with Crippen LogP contribution in [0.5, 0.6) is 0 Å². The van der Waals surface area contributed by atoms with Crippen molar-refractivity contribution in [1.29, 1.82) is 0 Å². The Hall–Kier alpha value is -0.330. The van der Waals surface area contributed by atoms with Gasteiger partial charge in [-0.3, -0.25) is 4.79 Å². The maximum absolute atomic E-state index is 10.1. The second kappa shape index (κ2) is 15.7. The lowest BCUT2D eigenvalue weighted by Gasteiger charge is -2.10. The van der Waals surface area contributed by atoms with Crippen LogP contribution in [0.15, 0.2) is 0 Å². The molecular weight excluding hydrogens is 232 g/mol. The monoisotopic (exact) mass is 267 g/mol. The van der Waals surface area contributed by atoms with Crippen LogP contribution in [-0.4, -0.2) is 6.29 Å². The van der Waals surface area contributed by atoms with E-state index in [1.54, 1.807) is 0 Å². The van der Waals surface area contributed by atoms with Gasteiger partial charge in [-0.05, 0) is 12.3 Å². The lowest BCUT2D eigenvalue weighted by atomic mass is 9.96. The minimum atomic E-state index is 0.633. The molecule has 0 aliphatic carbocycles. The molecule has 19 heavy (non-hydrogen) atoms. The summed E-state index contributed by atoms with van der Waals surface area (Å²) in [5.41, 5.74) is 0. The van der Waals surface area contributed by atoms with E-state index in [0.29, 0.717) is 6.42 Å². The molecule has 1 heteroatoms.